The van der Waals surface area contributed by atoms with Crippen LogP contribution in [0.1, 0.15) is 41.5 Å². The van der Waals surface area contributed by atoms with Crippen molar-refractivity contribution in [2.24, 2.45) is 0 Å². The van der Waals surface area contributed by atoms with Crippen LogP contribution in [0, 0.1) is 6.92 Å². The molecule has 10 nitrogen and oxygen atoms in total. The predicted molar refractivity (Wildman–Crippen MR) is 163 cm³/mol. The van der Waals surface area contributed by atoms with Crippen LogP contribution in [-0.2, 0) is 28.5 Å². The number of amides is 4. The number of rotatable bonds is 8. The maximum Gasteiger partial charge on any atom is 0.416 e. The first-order valence-electron chi connectivity index (χ1n) is 15.5. The molecule has 0 saturated carbocycles. The van der Waals surface area contributed by atoms with Gasteiger partial charge in [-0.05, 0) is 68.5 Å². The van der Waals surface area contributed by atoms with Crippen LogP contribution >= 0.6 is 0 Å². The number of alkyl halides is 3. The van der Waals surface area contributed by atoms with Gasteiger partial charge in [0.05, 0.1) is 5.56 Å². The van der Waals surface area contributed by atoms with Gasteiger partial charge in [-0.25, -0.2) is 9.59 Å². The van der Waals surface area contributed by atoms with Crippen molar-refractivity contribution in [2.75, 3.05) is 51.8 Å². The van der Waals surface area contributed by atoms with Crippen LogP contribution in [0.4, 0.5) is 28.4 Å². The van der Waals surface area contributed by atoms with Crippen molar-refractivity contribution < 1.29 is 32.3 Å². The van der Waals surface area contributed by atoms with Gasteiger partial charge in [0.15, 0.2) is 6.10 Å². The summed E-state index contributed by atoms with van der Waals surface area (Å²) in [7, 11) is 1.82. The van der Waals surface area contributed by atoms with Gasteiger partial charge >= 0.3 is 18.3 Å². The minimum Gasteiger partial charge on any atom is -0.436 e. The first-order valence-corrected chi connectivity index (χ1v) is 15.5. The van der Waals surface area contributed by atoms with E-state index in [1.807, 2.05) is 36.2 Å². The van der Waals surface area contributed by atoms with Gasteiger partial charge in [-0.1, -0.05) is 30.3 Å². The Labute approximate surface area is 261 Å². The lowest BCUT2D eigenvalue weighted by Gasteiger charge is -2.38. The highest BCUT2D eigenvalue weighted by Gasteiger charge is 2.37. The molecule has 5 rings (SSSR count). The Morgan fingerprint density at radius 1 is 1.04 bits per heavy atom. The van der Waals surface area contributed by atoms with Crippen molar-refractivity contribution in [3.63, 3.8) is 0 Å². The maximum atomic E-state index is 13.7. The van der Waals surface area contributed by atoms with Gasteiger partial charge in [0.2, 0.25) is 0 Å². The summed E-state index contributed by atoms with van der Waals surface area (Å²) in [6, 6.07) is 11.3. The lowest BCUT2D eigenvalue weighted by molar-refractivity contribution is -0.140. The van der Waals surface area contributed by atoms with Crippen LogP contribution in [-0.4, -0.2) is 97.4 Å². The normalized spacial score (nSPS) is 20.0. The second-order valence-electron chi connectivity index (χ2n) is 12.0. The van der Waals surface area contributed by atoms with Crippen molar-refractivity contribution in [1.29, 1.82) is 0 Å². The zero-order chi connectivity index (χ0) is 32.1. The second-order valence-corrected chi connectivity index (χ2v) is 12.0. The zero-order valence-electron chi connectivity index (χ0n) is 25.7. The summed E-state index contributed by atoms with van der Waals surface area (Å²) >= 11 is 0. The molecule has 0 spiro atoms. The van der Waals surface area contributed by atoms with E-state index in [9.17, 15) is 27.6 Å². The van der Waals surface area contributed by atoms with Gasteiger partial charge in [-0.2, -0.15) is 13.2 Å². The van der Waals surface area contributed by atoms with Crippen molar-refractivity contribution in [2.45, 2.75) is 63.4 Å². The third-order valence-electron chi connectivity index (χ3n) is 8.91. The molecule has 0 aliphatic carbocycles. The van der Waals surface area contributed by atoms with Crippen molar-refractivity contribution >= 4 is 23.7 Å². The number of nitrogens with one attached hydrogen (secondary N) is 3. The van der Waals surface area contributed by atoms with E-state index in [0.29, 0.717) is 57.8 Å². The fraction of sp³-hybridized carbons (Fsp3) is 0.531. The summed E-state index contributed by atoms with van der Waals surface area (Å²) < 4.78 is 45.9. The molecule has 3 N–H and O–H groups in total. The molecule has 2 unspecified atom stereocenters. The maximum absolute atomic E-state index is 13.7. The van der Waals surface area contributed by atoms with Gasteiger partial charge in [0.25, 0.3) is 5.91 Å². The highest BCUT2D eigenvalue weighted by Crippen LogP contribution is 2.32. The quantitative estimate of drug-likeness (QED) is 0.381. The monoisotopic (exact) mass is 630 g/mol. The molecule has 45 heavy (non-hydrogen) atoms. The Morgan fingerprint density at radius 2 is 1.78 bits per heavy atom. The number of likely N-dealkylation sites (tertiary alicyclic amines) is 2. The Balaban J connectivity index is 1.23. The summed E-state index contributed by atoms with van der Waals surface area (Å²) in [6.07, 6.45) is -3.79. The summed E-state index contributed by atoms with van der Waals surface area (Å²) in [5.74, 6) is -0.370. The van der Waals surface area contributed by atoms with E-state index >= 15 is 0 Å². The lowest BCUT2D eigenvalue weighted by atomic mass is 10.0. The Bertz CT molecular complexity index is 1380. The Morgan fingerprint density at radius 3 is 2.49 bits per heavy atom. The number of benzene rings is 2. The number of ether oxygens (including phenoxy) is 1. The van der Waals surface area contributed by atoms with Gasteiger partial charge in [0, 0.05) is 63.6 Å². The van der Waals surface area contributed by atoms with E-state index in [2.05, 4.69) is 16.0 Å². The molecule has 3 heterocycles. The van der Waals surface area contributed by atoms with Crippen LogP contribution in [0.5, 0.6) is 0 Å². The number of hydrogen-bond acceptors (Lipinski definition) is 6. The number of anilines is 1. The number of halogens is 3. The van der Waals surface area contributed by atoms with E-state index in [4.69, 9.17) is 4.74 Å². The zero-order valence-corrected chi connectivity index (χ0v) is 25.7. The number of fused-ring (bicyclic) bond motifs is 1. The summed E-state index contributed by atoms with van der Waals surface area (Å²) in [5.41, 5.74) is 1.66. The molecule has 4 amide bonds. The van der Waals surface area contributed by atoms with Crippen LogP contribution in [0.3, 0.4) is 0 Å². The minimum atomic E-state index is -4.49. The molecule has 2 aromatic carbocycles. The molecule has 2 fully saturated rings. The van der Waals surface area contributed by atoms with E-state index in [1.54, 1.807) is 9.80 Å². The summed E-state index contributed by atoms with van der Waals surface area (Å²) in [4.78, 5) is 45.1. The molecule has 244 valence electrons. The first kappa shape index (κ1) is 32.6. The van der Waals surface area contributed by atoms with Crippen LogP contribution in [0.15, 0.2) is 42.5 Å². The Kier molecular flexibility index (Phi) is 10.2. The van der Waals surface area contributed by atoms with Crippen LogP contribution < -0.4 is 16.0 Å². The van der Waals surface area contributed by atoms with Crippen LogP contribution in [0.2, 0.25) is 0 Å². The molecule has 2 saturated heterocycles. The van der Waals surface area contributed by atoms with Crippen LogP contribution in [0.25, 0.3) is 0 Å². The van der Waals surface area contributed by atoms with Gasteiger partial charge in [-0.15, -0.1) is 0 Å². The van der Waals surface area contributed by atoms with Crippen molar-refractivity contribution in [3.05, 3.63) is 64.7 Å². The molecule has 3 aliphatic rings. The molecule has 0 aromatic heterocycles. The molecular formula is C32H41F3N6O4. The summed E-state index contributed by atoms with van der Waals surface area (Å²) in [6.45, 7) is 4.14. The third kappa shape index (κ3) is 7.88. The SMILES string of the molecule is CNCNC1CCN(C(=O)C(Cc2ccc(C(F)(F)F)c(C)c2)OC(=O)N2CCC(N3CCc4ccccc4NC3=O)CC2)C1. The van der Waals surface area contributed by atoms with Gasteiger partial charge < -0.3 is 30.1 Å². The fourth-order valence-electron chi connectivity index (χ4n) is 6.44. The topological polar surface area (TPSA) is 106 Å². The number of urea groups is 1. The lowest BCUT2D eigenvalue weighted by Crippen LogP contribution is -2.51. The highest BCUT2D eigenvalue weighted by molar-refractivity contribution is 5.91. The number of carbonyl (C=O) groups is 3. The molecule has 2 aromatic rings. The fourth-order valence-corrected chi connectivity index (χ4v) is 6.44. The highest BCUT2D eigenvalue weighted by atomic mass is 19.4. The number of carbonyl (C=O) groups excluding carboxylic acids is 3. The summed E-state index contributed by atoms with van der Waals surface area (Å²) in [5, 5.41) is 9.32. The van der Waals surface area contributed by atoms with E-state index in [0.717, 1.165) is 30.2 Å². The van der Waals surface area contributed by atoms with E-state index in [-0.39, 0.29) is 36.0 Å². The second kappa shape index (κ2) is 14.1. The number of aryl methyl sites for hydroxylation is 1. The number of piperidine rings is 1. The average Bonchev–Trinajstić information content (AvgIpc) is 3.41. The third-order valence-corrected chi connectivity index (χ3v) is 8.91. The van der Waals surface area contributed by atoms with Gasteiger partial charge in [0.1, 0.15) is 0 Å². The largest absolute Gasteiger partial charge is 0.436 e. The molecule has 3 aliphatic heterocycles. The number of hydrogen-bond donors (Lipinski definition) is 3. The molecule has 0 radical (unpaired) electrons. The first-order chi connectivity index (χ1) is 21.5. The number of nitrogens with zero attached hydrogens (tertiary/aromatic N) is 3. The standard InChI is InChI=1S/C32H41F3N6O4/c1-21-17-22(7-8-26(21)32(33,34)35)18-28(29(42)40-13-10-24(19-40)37-20-36-2)45-31(44)39-14-11-25(12-15-39)41-16-9-23-5-3-4-6-27(23)38-30(41)43/h3-8,17,24-25,28,36-37H,9-16,18-20H2,1-2H3,(H,38,43). The molecule has 2 atom stereocenters. The Hall–Kier alpha value is -3.84. The van der Waals surface area contributed by atoms with E-state index in [1.165, 1.54) is 19.1 Å². The van der Waals surface area contributed by atoms with Crippen molar-refractivity contribution in [1.82, 2.24) is 25.3 Å². The smallest absolute Gasteiger partial charge is 0.416 e. The predicted octanol–water partition coefficient (Wildman–Crippen LogP) is 3.98. The van der Waals surface area contributed by atoms with Crippen molar-refractivity contribution in [3.8, 4) is 0 Å². The van der Waals surface area contributed by atoms with Gasteiger partial charge in [-0.3, -0.25) is 10.1 Å². The number of para-hydroxylation sites is 1. The minimum absolute atomic E-state index is 0.0396. The molecule has 13 heteroatoms. The van der Waals surface area contributed by atoms with E-state index < -0.39 is 23.9 Å². The average molecular weight is 631 g/mol. The molecular weight excluding hydrogens is 589 g/mol. The molecule has 0 bridgehead atoms.